The molecule has 25 heavy (non-hydrogen) atoms. The van der Waals surface area contributed by atoms with Crippen LogP contribution in [0, 0.1) is 0 Å². The first-order valence-corrected chi connectivity index (χ1v) is 7.79. The second-order valence-electron chi connectivity index (χ2n) is 5.32. The van der Waals surface area contributed by atoms with Gasteiger partial charge in [-0.2, -0.15) is 0 Å². The first-order chi connectivity index (χ1) is 12.1. The zero-order chi connectivity index (χ0) is 18.2. The molecule has 6 nitrogen and oxygen atoms in total. The molecule has 6 heteroatoms. The summed E-state index contributed by atoms with van der Waals surface area (Å²) in [7, 11) is 2.91. The predicted molar refractivity (Wildman–Crippen MR) is 92.8 cm³/mol. The molecule has 0 unspecified atom stereocenters. The maximum Gasteiger partial charge on any atom is 0.342 e. The summed E-state index contributed by atoms with van der Waals surface area (Å²) in [6, 6.07) is 14.2. The molecule has 0 saturated heterocycles. The Hall–Kier alpha value is -3.02. The highest BCUT2D eigenvalue weighted by Crippen LogP contribution is 2.31. The van der Waals surface area contributed by atoms with Gasteiger partial charge in [0.2, 0.25) is 0 Å². The van der Waals surface area contributed by atoms with Crippen molar-refractivity contribution in [2.24, 2.45) is 0 Å². The maximum absolute atomic E-state index is 12.2. The van der Waals surface area contributed by atoms with E-state index in [0.29, 0.717) is 5.75 Å². The van der Waals surface area contributed by atoms with Gasteiger partial charge in [0, 0.05) is 0 Å². The van der Waals surface area contributed by atoms with E-state index in [1.165, 1.54) is 14.2 Å². The number of hydrogen-bond donors (Lipinski definition) is 1. The number of ether oxygens (including phenoxy) is 3. The lowest BCUT2D eigenvalue weighted by Gasteiger charge is -2.15. The van der Waals surface area contributed by atoms with E-state index in [2.05, 4.69) is 5.32 Å². The Morgan fingerprint density at radius 2 is 1.72 bits per heavy atom. The number of esters is 1. The standard InChI is InChI=1S/C19H21NO5/c1-13(14-8-5-4-6-9-14)20-17(21)12-25-19(22)15-10-7-11-16(23-2)18(15)24-3/h4-11,13H,12H2,1-3H3,(H,20,21)/t13-/m1/s1. The Bertz CT molecular complexity index is 730. The zero-order valence-corrected chi connectivity index (χ0v) is 14.4. The van der Waals surface area contributed by atoms with Gasteiger partial charge in [0.1, 0.15) is 5.56 Å². The Morgan fingerprint density at radius 3 is 2.36 bits per heavy atom. The van der Waals surface area contributed by atoms with E-state index in [1.807, 2.05) is 37.3 Å². The summed E-state index contributed by atoms with van der Waals surface area (Å²) in [6.45, 7) is 1.48. The molecule has 0 saturated carbocycles. The van der Waals surface area contributed by atoms with Crippen LogP contribution in [0.15, 0.2) is 48.5 Å². The lowest BCUT2D eigenvalue weighted by Crippen LogP contribution is -2.31. The molecule has 132 valence electrons. The summed E-state index contributed by atoms with van der Waals surface area (Å²) in [5, 5.41) is 2.78. The number of benzene rings is 2. The van der Waals surface area contributed by atoms with Crippen LogP contribution in [0.25, 0.3) is 0 Å². The molecule has 2 rings (SSSR count). The van der Waals surface area contributed by atoms with Crippen LogP contribution in [0.5, 0.6) is 11.5 Å². The monoisotopic (exact) mass is 343 g/mol. The van der Waals surface area contributed by atoms with Gasteiger partial charge in [-0.3, -0.25) is 4.79 Å². The normalized spacial score (nSPS) is 11.3. The van der Waals surface area contributed by atoms with Gasteiger partial charge in [-0.15, -0.1) is 0 Å². The molecule has 0 aliphatic carbocycles. The molecule has 1 atom stereocenters. The van der Waals surface area contributed by atoms with Crippen LogP contribution in [-0.4, -0.2) is 32.7 Å². The van der Waals surface area contributed by atoms with E-state index >= 15 is 0 Å². The minimum atomic E-state index is -0.654. The highest BCUT2D eigenvalue weighted by atomic mass is 16.5. The molecule has 0 aromatic heterocycles. The predicted octanol–water partition coefficient (Wildman–Crippen LogP) is 2.74. The number of methoxy groups -OCH3 is 2. The molecule has 2 aromatic carbocycles. The summed E-state index contributed by atoms with van der Waals surface area (Å²) >= 11 is 0. The average molecular weight is 343 g/mol. The maximum atomic E-state index is 12.2. The van der Waals surface area contributed by atoms with Crippen molar-refractivity contribution in [3.8, 4) is 11.5 Å². The number of hydrogen-bond acceptors (Lipinski definition) is 5. The van der Waals surface area contributed by atoms with E-state index in [0.717, 1.165) is 5.56 Å². The topological polar surface area (TPSA) is 73.9 Å². The molecule has 0 radical (unpaired) electrons. The number of para-hydroxylation sites is 1. The quantitative estimate of drug-likeness (QED) is 0.783. The second-order valence-corrected chi connectivity index (χ2v) is 5.32. The van der Waals surface area contributed by atoms with Crippen LogP contribution in [0.2, 0.25) is 0 Å². The van der Waals surface area contributed by atoms with Crippen molar-refractivity contribution < 1.29 is 23.8 Å². The van der Waals surface area contributed by atoms with Gasteiger partial charge in [-0.1, -0.05) is 36.4 Å². The molecular formula is C19H21NO5. The third-order valence-electron chi connectivity index (χ3n) is 3.63. The number of rotatable bonds is 7. The van der Waals surface area contributed by atoms with Crippen molar-refractivity contribution in [2.75, 3.05) is 20.8 Å². The van der Waals surface area contributed by atoms with Gasteiger partial charge in [-0.05, 0) is 24.6 Å². The fourth-order valence-electron chi connectivity index (χ4n) is 2.36. The van der Waals surface area contributed by atoms with E-state index in [9.17, 15) is 9.59 Å². The summed E-state index contributed by atoms with van der Waals surface area (Å²) in [6.07, 6.45) is 0. The van der Waals surface area contributed by atoms with Gasteiger partial charge >= 0.3 is 5.97 Å². The van der Waals surface area contributed by atoms with Crippen LogP contribution >= 0.6 is 0 Å². The Kier molecular flexibility index (Phi) is 6.39. The Morgan fingerprint density at radius 1 is 1.00 bits per heavy atom. The summed E-state index contributed by atoms with van der Waals surface area (Å²) in [5.74, 6) is -0.350. The molecule has 1 amide bonds. The smallest absolute Gasteiger partial charge is 0.342 e. The van der Waals surface area contributed by atoms with Crippen LogP contribution in [0.1, 0.15) is 28.9 Å². The van der Waals surface area contributed by atoms with Gasteiger partial charge in [0.25, 0.3) is 5.91 Å². The summed E-state index contributed by atoms with van der Waals surface area (Å²) in [4.78, 5) is 24.2. The zero-order valence-electron chi connectivity index (χ0n) is 14.4. The minimum Gasteiger partial charge on any atom is -0.493 e. The van der Waals surface area contributed by atoms with Crippen LogP contribution < -0.4 is 14.8 Å². The van der Waals surface area contributed by atoms with Crippen molar-refractivity contribution in [2.45, 2.75) is 13.0 Å². The Balaban J connectivity index is 1.95. The third kappa shape index (κ3) is 4.73. The van der Waals surface area contributed by atoms with Crippen molar-refractivity contribution >= 4 is 11.9 Å². The molecule has 0 bridgehead atoms. The summed E-state index contributed by atoms with van der Waals surface area (Å²) < 4.78 is 15.4. The molecule has 0 fully saturated rings. The molecule has 0 heterocycles. The highest BCUT2D eigenvalue weighted by Gasteiger charge is 2.19. The first kappa shape index (κ1) is 18.3. The van der Waals surface area contributed by atoms with Crippen LogP contribution in [0.3, 0.4) is 0 Å². The fraction of sp³-hybridized carbons (Fsp3) is 0.263. The number of amides is 1. The van der Waals surface area contributed by atoms with Crippen molar-refractivity contribution in [3.05, 3.63) is 59.7 Å². The van der Waals surface area contributed by atoms with Crippen LogP contribution in [-0.2, 0) is 9.53 Å². The third-order valence-corrected chi connectivity index (χ3v) is 3.63. The van der Waals surface area contributed by atoms with E-state index in [-0.39, 0.29) is 29.9 Å². The van der Waals surface area contributed by atoms with Crippen LogP contribution in [0.4, 0.5) is 0 Å². The average Bonchev–Trinajstić information content (AvgIpc) is 2.65. The lowest BCUT2D eigenvalue weighted by atomic mass is 10.1. The number of carbonyl (C=O) groups excluding carboxylic acids is 2. The Labute approximate surface area is 146 Å². The molecular weight excluding hydrogens is 322 g/mol. The molecule has 0 spiro atoms. The van der Waals surface area contributed by atoms with E-state index < -0.39 is 5.97 Å². The van der Waals surface area contributed by atoms with Gasteiger partial charge in [0.05, 0.1) is 20.3 Å². The summed E-state index contributed by atoms with van der Waals surface area (Å²) in [5.41, 5.74) is 1.17. The molecule has 2 aromatic rings. The second kappa shape index (κ2) is 8.73. The van der Waals surface area contributed by atoms with Gasteiger partial charge in [0.15, 0.2) is 18.1 Å². The molecule has 0 aliphatic rings. The first-order valence-electron chi connectivity index (χ1n) is 7.79. The van der Waals surface area contributed by atoms with Crippen molar-refractivity contribution in [3.63, 3.8) is 0 Å². The molecule has 0 aliphatic heterocycles. The minimum absolute atomic E-state index is 0.182. The van der Waals surface area contributed by atoms with Crippen molar-refractivity contribution in [1.29, 1.82) is 0 Å². The largest absolute Gasteiger partial charge is 0.493 e. The van der Waals surface area contributed by atoms with Crippen molar-refractivity contribution in [1.82, 2.24) is 5.32 Å². The molecule has 1 N–H and O–H groups in total. The van der Waals surface area contributed by atoms with E-state index in [1.54, 1.807) is 18.2 Å². The van der Waals surface area contributed by atoms with Gasteiger partial charge < -0.3 is 19.5 Å². The van der Waals surface area contributed by atoms with E-state index in [4.69, 9.17) is 14.2 Å². The number of nitrogens with one attached hydrogen (secondary N) is 1. The fourth-order valence-corrected chi connectivity index (χ4v) is 2.36. The number of carbonyl (C=O) groups is 2. The highest BCUT2D eigenvalue weighted by molar-refractivity contribution is 5.95. The van der Waals surface area contributed by atoms with Gasteiger partial charge in [-0.25, -0.2) is 4.79 Å². The SMILES string of the molecule is COc1cccc(C(=O)OCC(=O)N[C@H](C)c2ccccc2)c1OC. The lowest BCUT2D eigenvalue weighted by molar-refractivity contribution is -0.124.